The van der Waals surface area contributed by atoms with Gasteiger partial charge in [-0.25, -0.2) is 12.8 Å². The first-order valence-corrected chi connectivity index (χ1v) is 7.60. The number of carbonyl (C=O) groups excluding carboxylic acids is 2. The average molecular weight is 315 g/mol. The van der Waals surface area contributed by atoms with Gasteiger partial charge in [-0.05, 0) is 31.0 Å². The highest BCUT2D eigenvalue weighted by molar-refractivity contribution is 7.89. The number of benzene rings is 1. The van der Waals surface area contributed by atoms with Crippen LogP contribution in [0.15, 0.2) is 17.0 Å². The molecule has 0 radical (unpaired) electrons. The van der Waals surface area contributed by atoms with E-state index in [4.69, 9.17) is 5.73 Å². The predicted molar refractivity (Wildman–Crippen MR) is 72.0 cm³/mol. The van der Waals surface area contributed by atoms with Gasteiger partial charge in [0.05, 0.1) is 0 Å². The van der Waals surface area contributed by atoms with E-state index in [0.29, 0.717) is 5.56 Å². The number of hydrogen-bond donors (Lipinski definition) is 3. The number of aryl methyl sites for hydroxylation is 1. The lowest BCUT2D eigenvalue weighted by Crippen LogP contribution is -2.52. The van der Waals surface area contributed by atoms with Crippen molar-refractivity contribution in [3.05, 3.63) is 23.5 Å². The van der Waals surface area contributed by atoms with Gasteiger partial charge in [0, 0.05) is 12.1 Å². The molecule has 1 aliphatic rings. The molecule has 2 amide bonds. The maximum atomic E-state index is 13.8. The zero-order valence-electron chi connectivity index (χ0n) is 11.1. The number of sulfonamides is 1. The Bertz CT molecular complexity index is 717. The molecule has 1 fully saturated rings. The quantitative estimate of drug-likeness (QED) is 0.527. The van der Waals surface area contributed by atoms with Gasteiger partial charge in [-0.2, -0.15) is 4.72 Å². The molecular formula is C12H14FN3O4S. The maximum Gasteiger partial charge on any atom is 0.244 e. The van der Waals surface area contributed by atoms with Crippen LogP contribution in [-0.2, 0) is 19.6 Å². The molecule has 9 heteroatoms. The van der Waals surface area contributed by atoms with Crippen LogP contribution in [0.1, 0.15) is 18.4 Å². The summed E-state index contributed by atoms with van der Waals surface area (Å²) in [6.45, 7) is 1.54. The number of nitrogen functional groups attached to an aromatic ring is 1. The summed E-state index contributed by atoms with van der Waals surface area (Å²) in [6.07, 6.45) is 0.0320. The summed E-state index contributed by atoms with van der Waals surface area (Å²) in [6, 6.07) is 0.891. The van der Waals surface area contributed by atoms with Crippen molar-refractivity contribution in [3.8, 4) is 0 Å². The Balaban J connectivity index is 2.29. The fourth-order valence-electron chi connectivity index (χ4n) is 1.93. The molecule has 0 spiro atoms. The van der Waals surface area contributed by atoms with Crippen molar-refractivity contribution in [1.29, 1.82) is 0 Å². The molecule has 21 heavy (non-hydrogen) atoms. The van der Waals surface area contributed by atoms with E-state index in [-0.39, 0.29) is 18.5 Å². The summed E-state index contributed by atoms with van der Waals surface area (Å²) >= 11 is 0. The Kier molecular flexibility index (Phi) is 3.97. The molecule has 4 N–H and O–H groups in total. The van der Waals surface area contributed by atoms with Crippen molar-refractivity contribution < 1.29 is 22.4 Å². The molecule has 0 aliphatic carbocycles. The molecule has 1 aromatic rings. The van der Waals surface area contributed by atoms with Crippen molar-refractivity contribution in [2.24, 2.45) is 0 Å². The molecule has 1 unspecified atom stereocenters. The number of piperidine rings is 1. The van der Waals surface area contributed by atoms with Gasteiger partial charge in [-0.15, -0.1) is 0 Å². The van der Waals surface area contributed by atoms with Crippen LogP contribution in [0.3, 0.4) is 0 Å². The van der Waals surface area contributed by atoms with Crippen molar-refractivity contribution in [1.82, 2.24) is 10.0 Å². The standard InChI is InChI=1S/C12H14FN3O4S/c1-6-4-7(13)10(5-8(6)14)21(19,20)16-9-2-3-11(17)15-12(9)18/h4-5,9,16H,2-3,14H2,1H3,(H,15,17,18). The monoisotopic (exact) mass is 315 g/mol. The minimum atomic E-state index is -4.26. The van der Waals surface area contributed by atoms with Gasteiger partial charge in [0.1, 0.15) is 16.8 Å². The Morgan fingerprint density at radius 3 is 2.67 bits per heavy atom. The molecule has 7 nitrogen and oxygen atoms in total. The molecule has 1 heterocycles. The lowest BCUT2D eigenvalue weighted by atomic mass is 10.1. The van der Waals surface area contributed by atoms with E-state index in [0.717, 1.165) is 12.1 Å². The number of hydrogen-bond acceptors (Lipinski definition) is 5. The molecule has 2 rings (SSSR count). The minimum absolute atomic E-state index is 0.0114. The van der Waals surface area contributed by atoms with Crippen LogP contribution >= 0.6 is 0 Å². The molecular weight excluding hydrogens is 301 g/mol. The summed E-state index contributed by atoms with van der Waals surface area (Å²) in [5, 5.41) is 2.02. The van der Waals surface area contributed by atoms with Gasteiger partial charge in [0.25, 0.3) is 0 Å². The van der Waals surface area contributed by atoms with E-state index in [2.05, 4.69) is 4.72 Å². The van der Waals surface area contributed by atoms with Crippen molar-refractivity contribution in [2.75, 3.05) is 5.73 Å². The average Bonchev–Trinajstić information content (AvgIpc) is 2.37. The molecule has 0 aromatic heterocycles. The normalized spacial score (nSPS) is 19.4. The van der Waals surface area contributed by atoms with Gasteiger partial charge in [-0.1, -0.05) is 0 Å². The number of imide groups is 1. The lowest BCUT2D eigenvalue weighted by Gasteiger charge is -2.22. The first kappa shape index (κ1) is 15.4. The molecule has 1 saturated heterocycles. The fourth-order valence-corrected chi connectivity index (χ4v) is 3.26. The van der Waals surface area contributed by atoms with Gasteiger partial charge in [0.2, 0.25) is 21.8 Å². The van der Waals surface area contributed by atoms with Crippen LogP contribution in [0.2, 0.25) is 0 Å². The summed E-state index contributed by atoms with van der Waals surface area (Å²) < 4.78 is 40.2. The Morgan fingerprint density at radius 2 is 2.05 bits per heavy atom. The predicted octanol–water partition coefficient (Wildman–Crippen LogP) is -0.200. The van der Waals surface area contributed by atoms with Crippen molar-refractivity contribution in [2.45, 2.75) is 30.7 Å². The number of anilines is 1. The third-order valence-electron chi connectivity index (χ3n) is 3.15. The van der Waals surface area contributed by atoms with E-state index < -0.39 is 38.6 Å². The zero-order valence-corrected chi connectivity index (χ0v) is 12.0. The van der Waals surface area contributed by atoms with Gasteiger partial charge >= 0.3 is 0 Å². The van der Waals surface area contributed by atoms with E-state index >= 15 is 0 Å². The third kappa shape index (κ3) is 3.19. The first-order valence-electron chi connectivity index (χ1n) is 6.12. The van der Waals surface area contributed by atoms with Gasteiger partial charge < -0.3 is 5.73 Å². The summed E-state index contributed by atoms with van der Waals surface area (Å²) in [5.41, 5.74) is 6.12. The molecule has 0 bridgehead atoms. The number of halogens is 1. The van der Waals surface area contributed by atoms with Crippen LogP contribution < -0.4 is 15.8 Å². The number of nitrogens with one attached hydrogen (secondary N) is 2. The zero-order chi connectivity index (χ0) is 15.8. The fraction of sp³-hybridized carbons (Fsp3) is 0.333. The van der Waals surface area contributed by atoms with E-state index in [1.54, 1.807) is 6.92 Å². The molecule has 114 valence electrons. The maximum absolute atomic E-state index is 13.8. The Labute approximate surface area is 120 Å². The second-order valence-electron chi connectivity index (χ2n) is 4.76. The van der Waals surface area contributed by atoms with Crippen LogP contribution in [-0.4, -0.2) is 26.3 Å². The summed E-state index contributed by atoms with van der Waals surface area (Å²) in [5.74, 6) is -2.18. The number of carbonyl (C=O) groups is 2. The minimum Gasteiger partial charge on any atom is -0.398 e. The smallest absolute Gasteiger partial charge is 0.244 e. The highest BCUT2D eigenvalue weighted by Crippen LogP contribution is 2.22. The summed E-state index contributed by atoms with van der Waals surface area (Å²) in [4.78, 5) is 21.9. The van der Waals surface area contributed by atoms with E-state index in [9.17, 15) is 22.4 Å². The third-order valence-corrected chi connectivity index (χ3v) is 4.63. The van der Waals surface area contributed by atoms with Crippen LogP contribution in [0.25, 0.3) is 0 Å². The summed E-state index contributed by atoms with van der Waals surface area (Å²) in [7, 11) is -4.26. The molecule has 0 saturated carbocycles. The van der Waals surface area contributed by atoms with Crippen molar-refractivity contribution in [3.63, 3.8) is 0 Å². The van der Waals surface area contributed by atoms with E-state index in [1.165, 1.54) is 0 Å². The topological polar surface area (TPSA) is 118 Å². The van der Waals surface area contributed by atoms with Gasteiger partial charge in [-0.3, -0.25) is 14.9 Å². The SMILES string of the molecule is Cc1cc(F)c(S(=O)(=O)NC2CCC(=O)NC2=O)cc1N. The number of amides is 2. The Hall–Kier alpha value is -2.00. The van der Waals surface area contributed by atoms with E-state index in [1.807, 2.05) is 5.32 Å². The molecule has 1 aliphatic heterocycles. The number of nitrogens with two attached hydrogens (primary N) is 1. The first-order chi connectivity index (χ1) is 9.70. The van der Waals surface area contributed by atoms with Gasteiger partial charge in [0.15, 0.2) is 0 Å². The highest BCUT2D eigenvalue weighted by Gasteiger charge is 2.32. The van der Waals surface area contributed by atoms with Crippen LogP contribution in [0.4, 0.5) is 10.1 Å². The van der Waals surface area contributed by atoms with Crippen LogP contribution in [0, 0.1) is 12.7 Å². The Morgan fingerprint density at radius 1 is 1.38 bits per heavy atom. The van der Waals surface area contributed by atoms with Crippen LogP contribution in [0.5, 0.6) is 0 Å². The number of rotatable bonds is 3. The lowest BCUT2D eigenvalue weighted by molar-refractivity contribution is -0.134. The second-order valence-corrected chi connectivity index (χ2v) is 6.45. The molecule has 1 aromatic carbocycles. The largest absolute Gasteiger partial charge is 0.398 e. The molecule has 1 atom stereocenters. The van der Waals surface area contributed by atoms with Crippen molar-refractivity contribution >= 4 is 27.5 Å². The second kappa shape index (κ2) is 5.41. The highest BCUT2D eigenvalue weighted by atomic mass is 32.2.